The Morgan fingerprint density at radius 1 is 1.09 bits per heavy atom. The lowest BCUT2D eigenvalue weighted by molar-refractivity contribution is -0.123. The summed E-state index contributed by atoms with van der Waals surface area (Å²) in [5, 5.41) is 2.76. The summed E-state index contributed by atoms with van der Waals surface area (Å²) in [6.45, 7) is 2.88. The zero-order valence-electron chi connectivity index (χ0n) is 17.5. The van der Waals surface area contributed by atoms with Crippen LogP contribution in [0.5, 0.6) is 0 Å². The van der Waals surface area contributed by atoms with Gasteiger partial charge in [0, 0.05) is 23.5 Å². The number of para-hydroxylation sites is 1. The molecule has 1 spiro atoms. The highest BCUT2D eigenvalue weighted by molar-refractivity contribution is 8.01. The second-order valence-electron chi connectivity index (χ2n) is 7.92. The largest absolute Gasteiger partial charge is 0.323 e. The fourth-order valence-electron chi connectivity index (χ4n) is 4.44. The monoisotopic (exact) mass is 447 g/mol. The summed E-state index contributed by atoms with van der Waals surface area (Å²) in [5.41, 5.74) is 4.16. The average molecular weight is 448 g/mol. The summed E-state index contributed by atoms with van der Waals surface area (Å²) < 4.78 is 13.6. The van der Waals surface area contributed by atoms with Crippen LogP contribution in [0.25, 0.3) is 0 Å². The number of hydrogen-bond donors (Lipinski definition) is 1. The van der Waals surface area contributed by atoms with E-state index in [0.29, 0.717) is 24.5 Å². The Morgan fingerprint density at radius 2 is 1.88 bits per heavy atom. The maximum absolute atomic E-state index is 13.9. The summed E-state index contributed by atoms with van der Waals surface area (Å²) in [6.07, 6.45) is 0. The van der Waals surface area contributed by atoms with Crippen molar-refractivity contribution in [2.45, 2.75) is 18.3 Å². The van der Waals surface area contributed by atoms with Crippen LogP contribution in [0.1, 0.15) is 16.7 Å². The van der Waals surface area contributed by atoms with Crippen molar-refractivity contribution in [2.75, 3.05) is 22.5 Å². The minimum atomic E-state index is -1.13. The minimum Gasteiger partial charge on any atom is -0.308 e. The number of hydrogen-bond acceptors (Lipinski definition) is 3. The van der Waals surface area contributed by atoms with Gasteiger partial charge in [-0.05, 0) is 42.3 Å². The van der Waals surface area contributed by atoms with Crippen LogP contribution in [0.3, 0.4) is 0 Å². The van der Waals surface area contributed by atoms with E-state index in [-0.39, 0.29) is 5.91 Å². The first-order chi connectivity index (χ1) is 15.5. The lowest BCUT2D eigenvalue weighted by Gasteiger charge is -2.33. The predicted molar refractivity (Wildman–Crippen MR) is 125 cm³/mol. The summed E-state index contributed by atoms with van der Waals surface area (Å²) in [6, 6.07) is 21.0. The Morgan fingerprint density at radius 3 is 2.69 bits per heavy atom. The van der Waals surface area contributed by atoms with Crippen molar-refractivity contribution in [1.29, 1.82) is 0 Å². The zero-order chi connectivity index (χ0) is 22.3. The van der Waals surface area contributed by atoms with E-state index in [1.165, 1.54) is 23.9 Å². The average Bonchev–Trinajstić information content (AvgIpc) is 3.33. The molecule has 0 radical (unpaired) electrons. The number of carbonyl (C=O) groups excluding carboxylic acids is 2. The van der Waals surface area contributed by atoms with Gasteiger partial charge >= 0.3 is 6.03 Å². The third-order valence-corrected chi connectivity index (χ3v) is 7.43. The maximum atomic E-state index is 13.9. The number of nitrogens with one attached hydrogen (secondary N) is 1. The molecule has 3 aromatic rings. The molecule has 32 heavy (non-hydrogen) atoms. The van der Waals surface area contributed by atoms with Gasteiger partial charge in [0.15, 0.2) is 4.87 Å². The number of halogens is 1. The van der Waals surface area contributed by atoms with Gasteiger partial charge in [-0.25, -0.2) is 9.18 Å². The Labute approximate surface area is 190 Å². The number of aryl methyl sites for hydroxylation is 1. The summed E-state index contributed by atoms with van der Waals surface area (Å²) >= 11 is 1.47. The van der Waals surface area contributed by atoms with Crippen molar-refractivity contribution in [3.05, 3.63) is 95.3 Å². The van der Waals surface area contributed by atoms with Gasteiger partial charge in [-0.2, -0.15) is 0 Å². The van der Waals surface area contributed by atoms with Crippen LogP contribution in [0.2, 0.25) is 0 Å². The molecule has 1 unspecified atom stereocenters. The standard InChI is InChI=1S/C25H22FN3O2S/c1-17-7-2-3-8-18(17)16-28-22-12-5-4-11-21(22)25(23(28)30)29(13-14-32-25)24(31)27-20-10-6-9-19(26)15-20/h2-12,15H,13-14,16H2,1H3,(H,27,31). The minimum absolute atomic E-state index is 0.126. The normalized spacial score (nSPS) is 19.5. The van der Waals surface area contributed by atoms with Gasteiger partial charge in [-0.3, -0.25) is 9.69 Å². The third-order valence-electron chi connectivity index (χ3n) is 6.01. The number of carbonyl (C=O) groups is 2. The summed E-state index contributed by atoms with van der Waals surface area (Å²) in [5.74, 6) is 0.0772. The Hall–Kier alpha value is -3.32. The zero-order valence-corrected chi connectivity index (χ0v) is 18.4. The van der Waals surface area contributed by atoms with Gasteiger partial charge in [-0.1, -0.05) is 48.5 Å². The van der Waals surface area contributed by atoms with E-state index in [9.17, 15) is 14.0 Å². The molecule has 1 saturated heterocycles. The second-order valence-corrected chi connectivity index (χ2v) is 9.21. The van der Waals surface area contributed by atoms with Gasteiger partial charge in [0.2, 0.25) is 0 Å². The van der Waals surface area contributed by atoms with Crippen LogP contribution in [0.4, 0.5) is 20.6 Å². The lowest BCUT2D eigenvalue weighted by atomic mass is 10.1. The first-order valence-electron chi connectivity index (χ1n) is 10.4. The number of benzene rings is 3. The van der Waals surface area contributed by atoms with Gasteiger partial charge in [0.1, 0.15) is 5.82 Å². The molecule has 0 bridgehead atoms. The van der Waals surface area contributed by atoms with Crippen molar-refractivity contribution < 1.29 is 14.0 Å². The molecule has 0 aliphatic carbocycles. The molecule has 1 atom stereocenters. The summed E-state index contributed by atoms with van der Waals surface area (Å²) in [4.78, 5) is 29.4. The fraction of sp³-hybridized carbons (Fsp3) is 0.200. The Bertz CT molecular complexity index is 1220. The molecular formula is C25H22FN3O2S. The molecule has 2 heterocycles. The quantitative estimate of drug-likeness (QED) is 0.607. The maximum Gasteiger partial charge on any atom is 0.323 e. The molecule has 5 nitrogen and oxygen atoms in total. The highest BCUT2D eigenvalue weighted by atomic mass is 32.2. The summed E-state index contributed by atoms with van der Waals surface area (Å²) in [7, 11) is 0. The SMILES string of the molecule is Cc1ccccc1CN1C(=O)C2(SCCN2C(=O)Nc2cccc(F)c2)c2ccccc21. The van der Waals surface area contributed by atoms with E-state index in [1.54, 1.807) is 21.9 Å². The van der Waals surface area contributed by atoms with Crippen molar-refractivity contribution in [1.82, 2.24) is 4.90 Å². The van der Waals surface area contributed by atoms with Crippen LogP contribution in [-0.2, 0) is 16.2 Å². The van der Waals surface area contributed by atoms with Crippen LogP contribution in [-0.4, -0.2) is 29.1 Å². The smallest absolute Gasteiger partial charge is 0.308 e. The van der Waals surface area contributed by atoms with E-state index in [1.807, 2.05) is 55.5 Å². The van der Waals surface area contributed by atoms with Crippen molar-refractivity contribution in [3.63, 3.8) is 0 Å². The molecule has 0 aromatic heterocycles. The van der Waals surface area contributed by atoms with Crippen molar-refractivity contribution in [3.8, 4) is 0 Å². The molecule has 3 amide bonds. The Balaban J connectivity index is 1.52. The van der Waals surface area contributed by atoms with E-state index >= 15 is 0 Å². The fourth-order valence-corrected chi connectivity index (χ4v) is 5.90. The lowest BCUT2D eigenvalue weighted by Crippen LogP contribution is -2.51. The highest BCUT2D eigenvalue weighted by Crippen LogP contribution is 2.54. The van der Waals surface area contributed by atoms with E-state index in [2.05, 4.69) is 5.32 Å². The molecule has 5 rings (SSSR count). The number of urea groups is 1. The highest BCUT2D eigenvalue weighted by Gasteiger charge is 2.59. The van der Waals surface area contributed by atoms with Crippen LogP contribution in [0.15, 0.2) is 72.8 Å². The molecule has 162 valence electrons. The Kier molecular flexibility index (Phi) is 5.13. The second kappa shape index (κ2) is 7.98. The van der Waals surface area contributed by atoms with E-state index < -0.39 is 16.7 Å². The number of rotatable bonds is 3. The molecule has 1 N–H and O–H groups in total. The van der Waals surface area contributed by atoms with E-state index in [0.717, 1.165) is 22.4 Å². The van der Waals surface area contributed by atoms with Crippen LogP contribution >= 0.6 is 11.8 Å². The number of anilines is 2. The van der Waals surface area contributed by atoms with Gasteiger partial charge in [0.05, 0.1) is 12.2 Å². The molecule has 1 fully saturated rings. The number of fused-ring (bicyclic) bond motifs is 2. The molecule has 2 aliphatic rings. The molecular weight excluding hydrogens is 425 g/mol. The van der Waals surface area contributed by atoms with Crippen LogP contribution in [0, 0.1) is 12.7 Å². The molecule has 7 heteroatoms. The van der Waals surface area contributed by atoms with Crippen molar-refractivity contribution in [2.24, 2.45) is 0 Å². The first-order valence-corrected chi connectivity index (χ1v) is 11.4. The molecule has 3 aromatic carbocycles. The van der Waals surface area contributed by atoms with Gasteiger partial charge < -0.3 is 10.2 Å². The first kappa shape index (κ1) is 20.6. The van der Waals surface area contributed by atoms with Crippen LogP contribution < -0.4 is 10.2 Å². The van der Waals surface area contributed by atoms with E-state index in [4.69, 9.17) is 0 Å². The predicted octanol–water partition coefficient (Wildman–Crippen LogP) is 5.11. The number of nitrogens with zero attached hydrogens (tertiary/aromatic N) is 2. The topological polar surface area (TPSA) is 52.7 Å². The molecule has 2 aliphatic heterocycles. The number of thioether (sulfide) groups is 1. The van der Waals surface area contributed by atoms with Crippen molar-refractivity contribution >= 4 is 35.1 Å². The van der Waals surface area contributed by atoms with Gasteiger partial charge in [-0.15, -0.1) is 11.8 Å². The number of amides is 3. The molecule has 0 saturated carbocycles. The van der Waals surface area contributed by atoms with Gasteiger partial charge in [0.25, 0.3) is 5.91 Å². The third kappa shape index (κ3) is 3.24.